The molecule has 3 nitrogen and oxygen atoms in total. The van der Waals surface area contributed by atoms with E-state index in [2.05, 4.69) is 23.2 Å². The van der Waals surface area contributed by atoms with Crippen molar-refractivity contribution < 1.29 is 0 Å². The summed E-state index contributed by atoms with van der Waals surface area (Å²) in [6.07, 6.45) is 5.58. The topological polar surface area (TPSA) is 39.1 Å². The largest absolute Gasteiger partial charge is 0.314 e. The van der Waals surface area contributed by atoms with Crippen LogP contribution in [0, 0.1) is 11.3 Å². The van der Waals surface area contributed by atoms with Crippen LogP contribution >= 0.6 is 0 Å². The molecule has 1 aliphatic rings. The highest BCUT2D eigenvalue weighted by Gasteiger charge is 2.16. The Kier molecular flexibility index (Phi) is 6.38. The van der Waals surface area contributed by atoms with Gasteiger partial charge in [0.1, 0.15) is 0 Å². The average molecular weight is 209 g/mol. The van der Waals surface area contributed by atoms with Gasteiger partial charge < -0.3 is 5.32 Å². The van der Waals surface area contributed by atoms with Crippen molar-refractivity contribution >= 4 is 0 Å². The zero-order chi connectivity index (χ0) is 10.9. The average Bonchev–Trinajstić information content (AvgIpc) is 2.25. The third kappa shape index (κ3) is 5.15. The number of piperazine rings is 1. The van der Waals surface area contributed by atoms with Crippen molar-refractivity contribution in [1.82, 2.24) is 10.2 Å². The summed E-state index contributed by atoms with van der Waals surface area (Å²) in [5.41, 5.74) is 0. The SMILES string of the molecule is CC1CNCCN1CCCCCCC#N. The molecule has 0 saturated carbocycles. The second-order valence-corrected chi connectivity index (χ2v) is 4.41. The fraction of sp³-hybridized carbons (Fsp3) is 0.917. The molecule has 1 aliphatic heterocycles. The lowest BCUT2D eigenvalue weighted by molar-refractivity contribution is 0.170. The van der Waals surface area contributed by atoms with Crippen LogP contribution in [-0.2, 0) is 0 Å². The molecule has 1 saturated heterocycles. The number of rotatable bonds is 6. The molecular weight excluding hydrogens is 186 g/mol. The van der Waals surface area contributed by atoms with Crippen molar-refractivity contribution in [3.63, 3.8) is 0 Å². The van der Waals surface area contributed by atoms with E-state index in [0.717, 1.165) is 25.9 Å². The summed E-state index contributed by atoms with van der Waals surface area (Å²) in [7, 11) is 0. The lowest BCUT2D eigenvalue weighted by Crippen LogP contribution is -2.49. The first-order chi connectivity index (χ1) is 7.34. The Morgan fingerprint density at radius 1 is 1.33 bits per heavy atom. The minimum atomic E-state index is 0.692. The van der Waals surface area contributed by atoms with Crippen LogP contribution in [0.25, 0.3) is 0 Å². The zero-order valence-corrected chi connectivity index (χ0v) is 9.84. The predicted octanol–water partition coefficient (Wildman–Crippen LogP) is 1.75. The molecule has 86 valence electrons. The quantitative estimate of drug-likeness (QED) is 0.677. The van der Waals surface area contributed by atoms with E-state index in [1.54, 1.807) is 0 Å². The Hall–Kier alpha value is -0.590. The highest BCUT2D eigenvalue weighted by molar-refractivity contribution is 4.75. The Morgan fingerprint density at radius 2 is 2.13 bits per heavy atom. The molecule has 1 fully saturated rings. The Bertz CT molecular complexity index is 198. The van der Waals surface area contributed by atoms with Gasteiger partial charge in [0.2, 0.25) is 0 Å². The number of nitrogens with one attached hydrogen (secondary N) is 1. The molecule has 0 aromatic heterocycles. The standard InChI is InChI=1S/C12H23N3/c1-12-11-14-8-10-15(12)9-6-4-2-3-5-7-13/h12,14H,2-6,8-11H2,1H3. The maximum Gasteiger partial charge on any atom is 0.0621 e. The summed E-state index contributed by atoms with van der Waals surface area (Å²) in [5, 5.41) is 11.8. The van der Waals surface area contributed by atoms with E-state index in [1.165, 1.54) is 32.4 Å². The molecule has 1 rings (SSSR count). The van der Waals surface area contributed by atoms with Gasteiger partial charge in [-0.1, -0.05) is 12.8 Å². The Labute approximate surface area is 93.5 Å². The van der Waals surface area contributed by atoms with Gasteiger partial charge in [-0.25, -0.2) is 0 Å². The fourth-order valence-electron chi connectivity index (χ4n) is 2.09. The van der Waals surface area contributed by atoms with Crippen LogP contribution in [0.2, 0.25) is 0 Å². The van der Waals surface area contributed by atoms with Crippen molar-refractivity contribution in [1.29, 1.82) is 5.26 Å². The van der Waals surface area contributed by atoms with E-state index in [1.807, 2.05) is 0 Å². The molecule has 0 aromatic rings. The van der Waals surface area contributed by atoms with Crippen LogP contribution in [0.5, 0.6) is 0 Å². The number of hydrogen-bond donors (Lipinski definition) is 1. The fourth-order valence-corrected chi connectivity index (χ4v) is 2.09. The third-order valence-corrected chi connectivity index (χ3v) is 3.12. The molecule has 3 heteroatoms. The molecule has 1 heterocycles. The van der Waals surface area contributed by atoms with E-state index in [-0.39, 0.29) is 0 Å². The van der Waals surface area contributed by atoms with Gasteiger partial charge in [-0.05, 0) is 26.3 Å². The molecule has 1 N–H and O–H groups in total. The first kappa shape index (κ1) is 12.5. The number of hydrogen-bond acceptors (Lipinski definition) is 3. The lowest BCUT2D eigenvalue weighted by atomic mass is 10.1. The summed E-state index contributed by atoms with van der Waals surface area (Å²) < 4.78 is 0. The smallest absolute Gasteiger partial charge is 0.0621 e. The van der Waals surface area contributed by atoms with Crippen LogP contribution in [0.15, 0.2) is 0 Å². The maximum absolute atomic E-state index is 8.40. The van der Waals surface area contributed by atoms with Crippen LogP contribution < -0.4 is 5.32 Å². The summed E-state index contributed by atoms with van der Waals surface area (Å²) >= 11 is 0. The van der Waals surface area contributed by atoms with Gasteiger partial charge >= 0.3 is 0 Å². The van der Waals surface area contributed by atoms with Crippen LogP contribution in [-0.4, -0.2) is 37.1 Å². The van der Waals surface area contributed by atoms with Crippen molar-refractivity contribution in [3.05, 3.63) is 0 Å². The molecule has 15 heavy (non-hydrogen) atoms. The van der Waals surface area contributed by atoms with Gasteiger partial charge in [-0.3, -0.25) is 4.90 Å². The molecule has 1 atom stereocenters. The molecular formula is C12H23N3. The monoisotopic (exact) mass is 209 g/mol. The molecule has 0 bridgehead atoms. The van der Waals surface area contributed by atoms with Crippen molar-refractivity contribution in [2.45, 2.75) is 45.1 Å². The second-order valence-electron chi connectivity index (χ2n) is 4.41. The third-order valence-electron chi connectivity index (χ3n) is 3.12. The van der Waals surface area contributed by atoms with E-state index in [0.29, 0.717) is 6.04 Å². The number of nitrogens with zero attached hydrogens (tertiary/aromatic N) is 2. The molecule has 0 amide bonds. The first-order valence-corrected chi connectivity index (χ1v) is 6.16. The van der Waals surface area contributed by atoms with E-state index in [9.17, 15) is 0 Å². The van der Waals surface area contributed by atoms with Gasteiger partial charge in [0, 0.05) is 32.1 Å². The molecule has 0 aliphatic carbocycles. The maximum atomic E-state index is 8.40. The second kappa shape index (κ2) is 7.67. The Morgan fingerprint density at radius 3 is 2.87 bits per heavy atom. The number of nitriles is 1. The molecule has 0 aromatic carbocycles. The normalized spacial score (nSPS) is 22.5. The summed E-state index contributed by atoms with van der Waals surface area (Å²) in [5.74, 6) is 0. The molecule has 0 radical (unpaired) electrons. The molecule has 1 unspecified atom stereocenters. The highest BCUT2D eigenvalue weighted by atomic mass is 15.2. The first-order valence-electron chi connectivity index (χ1n) is 6.16. The van der Waals surface area contributed by atoms with E-state index < -0.39 is 0 Å². The summed E-state index contributed by atoms with van der Waals surface area (Å²) in [6.45, 7) is 6.99. The minimum Gasteiger partial charge on any atom is -0.314 e. The lowest BCUT2D eigenvalue weighted by Gasteiger charge is -2.33. The van der Waals surface area contributed by atoms with Gasteiger partial charge in [0.05, 0.1) is 6.07 Å². The van der Waals surface area contributed by atoms with Crippen molar-refractivity contribution in [2.75, 3.05) is 26.2 Å². The highest BCUT2D eigenvalue weighted by Crippen LogP contribution is 2.07. The Balaban J connectivity index is 1.97. The summed E-state index contributed by atoms with van der Waals surface area (Å²) in [6, 6.07) is 2.89. The molecule has 0 spiro atoms. The van der Waals surface area contributed by atoms with Crippen LogP contribution in [0.4, 0.5) is 0 Å². The van der Waals surface area contributed by atoms with E-state index >= 15 is 0 Å². The van der Waals surface area contributed by atoms with Crippen LogP contribution in [0.1, 0.15) is 39.0 Å². The van der Waals surface area contributed by atoms with Gasteiger partial charge in [-0.15, -0.1) is 0 Å². The van der Waals surface area contributed by atoms with E-state index in [4.69, 9.17) is 5.26 Å². The van der Waals surface area contributed by atoms with Crippen molar-refractivity contribution in [2.24, 2.45) is 0 Å². The van der Waals surface area contributed by atoms with Crippen LogP contribution in [0.3, 0.4) is 0 Å². The van der Waals surface area contributed by atoms with Gasteiger partial charge in [-0.2, -0.15) is 5.26 Å². The predicted molar refractivity (Wildman–Crippen MR) is 62.6 cm³/mol. The van der Waals surface area contributed by atoms with Gasteiger partial charge in [0.15, 0.2) is 0 Å². The van der Waals surface area contributed by atoms with Crippen molar-refractivity contribution in [3.8, 4) is 6.07 Å². The zero-order valence-electron chi connectivity index (χ0n) is 9.84. The summed E-state index contributed by atoms with van der Waals surface area (Å²) in [4.78, 5) is 2.57. The van der Waals surface area contributed by atoms with Gasteiger partial charge in [0.25, 0.3) is 0 Å². The minimum absolute atomic E-state index is 0.692. The number of unbranched alkanes of at least 4 members (excludes halogenated alkanes) is 4.